The van der Waals surface area contributed by atoms with Crippen LogP contribution in [0.3, 0.4) is 0 Å². The molecular weight excluding hydrogens is 422 g/mol. The van der Waals surface area contributed by atoms with E-state index in [2.05, 4.69) is 4.74 Å². The zero-order chi connectivity index (χ0) is 22.7. The van der Waals surface area contributed by atoms with Crippen LogP contribution in [0, 0.1) is 11.3 Å². The first kappa shape index (κ1) is 22.2. The summed E-state index contributed by atoms with van der Waals surface area (Å²) in [5.74, 6) is -2.15. The van der Waals surface area contributed by atoms with Crippen LogP contribution in [-0.4, -0.2) is 48.8 Å². The van der Waals surface area contributed by atoms with Gasteiger partial charge in [0.1, 0.15) is 16.8 Å². The van der Waals surface area contributed by atoms with Gasteiger partial charge in [-0.3, -0.25) is 14.5 Å². The largest absolute Gasteiger partial charge is 0.497 e. The summed E-state index contributed by atoms with van der Waals surface area (Å²) >= 11 is 1.03. The van der Waals surface area contributed by atoms with E-state index in [1.807, 2.05) is 6.07 Å². The molecule has 2 atom stereocenters. The number of thioether (sulfide) groups is 1. The van der Waals surface area contributed by atoms with E-state index in [9.17, 15) is 19.6 Å². The molecule has 0 spiro atoms. The van der Waals surface area contributed by atoms with E-state index >= 15 is 0 Å². The molecule has 2 aliphatic heterocycles. The summed E-state index contributed by atoms with van der Waals surface area (Å²) in [4.78, 5) is 38.9. The number of fused-ring (bicyclic) bond motifs is 1. The molecular formula is C21H21N3O6S. The number of carbonyl (C=O) groups excluding carboxylic acids is 3. The van der Waals surface area contributed by atoms with Crippen LogP contribution in [0.4, 0.5) is 0 Å². The van der Waals surface area contributed by atoms with Gasteiger partial charge in [-0.2, -0.15) is 5.26 Å². The van der Waals surface area contributed by atoms with Crippen molar-refractivity contribution in [3.05, 3.63) is 51.8 Å². The van der Waals surface area contributed by atoms with Crippen LogP contribution in [-0.2, 0) is 23.9 Å². The number of rotatable bonds is 6. The van der Waals surface area contributed by atoms with Gasteiger partial charge in [-0.25, -0.2) is 4.79 Å². The van der Waals surface area contributed by atoms with Crippen LogP contribution in [0.15, 0.2) is 46.3 Å². The smallest absolute Gasteiger partial charge is 0.337 e. The zero-order valence-electron chi connectivity index (χ0n) is 17.2. The first-order valence-electron chi connectivity index (χ1n) is 9.40. The number of carbonyl (C=O) groups is 3. The SMILES string of the molecule is CCOC(=O)C1=C2S[C@@H](CC(=O)OC)C(=O)N2C(N)=C(C#N)[C@H]1c1cccc(OC)c1. The number of methoxy groups -OCH3 is 2. The van der Waals surface area contributed by atoms with Crippen molar-refractivity contribution in [2.45, 2.75) is 24.5 Å². The third-order valence-electron chi connectivity index (χ3n) is 4.90. The quantitative estimate of drug-likeness (QED) is 0.653. The zero-order valence-corrected chi connectivity index (χ0v) is 18.0. The van der Waals surface area contributed by atoms with Gasteiger partial charge in [0.25, 0.3) is 0 Å². The van der Waals surface area contributed by atoms with Crippen LogP contribution in [0.2, 0.25) is 0 Å². The highest BCUT2D eigenvalue weighted by Crippen LogP contribution is 2.50. The number of allylic oxidation sites excluding steroid dienone is 1. The maximum absolute atomic E-state index is 13.0. The molecule has 1 fully saturated rings. The Morgan fingerprint density at radius 3 is 2.68 bits per heavy atom. The van der Waals surface area contributed by atoms with E-state index in [0.717, 1.165) is 16.7 Å². The fourth-order valence-corrected chi connectivity index (χ4v) is 4.80. The average molecular weight is 443 g/mol. The van der Waals surface area contributed by atoms with E-state index < -0.39 is 29.0 Å². The Morgan fingerprint density at radius 1 is 1.32 bits per heavy atom. The average Bonchev–Trinajstić information content (AvgIpc) is 3.09. The van der Waals surface area contributed by atoms with Crippen molar-refractivity contribution < 1.29 is 28.6 Å². The van der Waals surface area contributed by atoms with Crippen molar-refractivity contribution in [1.82, 2.24) is 4.90 Å². The highest BCUT2D eigenvalue weighted by atomic mass is 32.2. The molecule has 2 N–H and O–H groups in total. The second-order valence-electron chi connectivity index (χ2n) is 6.62. The minimum Gasteiger partial charge on any atom is -0.497 e. The van der Waals surface area contributed by atoms with Crippen LogP contribution in [0.25, 0.3) is 0 Å². The first-order chi connectivity index (χ1) is 14.9. The molecule has 3 rings (SSSR count). The van der Waals surface area contributed by atoms with E-state index in [1.165, 1.54) is 14.2 Å². The molecule has 1 aromatic rings. The summed E-state index contributed by atoms with van der Waals surface area (Å²) in [5.41, 5.74) is 6.97. The van der Waals surface area contributed by atoms with Crippen LogP contribution < -0.4 is 10.5 Å². The van der Waals surface area contributed by atoms with Crippen LogP contribution >= 0.6 is 11.8 Å². The molecule has 162 valence electrons. The molecule has 1 aromatic carbocycles. The second-order valence-corrected chi connectivity index (χ2v) is 7.81. The number of ether oxygens (including phenoxy) is 3. The molecule has 0 radical (unpaired) electrons. The standard InChI is InChI=1S/C21H21N3O6S/c1-4-30-21(27)17-16(11-6-5-7-12(8-11)28-2)13(10-22)18(23)24-19(26)14(31-20(17)24)9-15(25)29-3/h5-8,14,16H,4,9,23H2,1-3H3/t14-,16+/m0/s1. The molecule has 0 aromatic heterocycles. The predicted octanol–water partition coefficient (Wildman–Crippen LogP) is 1.77. The van der Waals surface area contributed by atoms with Crippen molar-refractivity contribution in [2.75, 3.05) is 20.8 Å². The number of hydrogen-bond acceptors (Lipinski definition) is 9. The van der Waals surface area contributed by atoms with E-state index in [-0.39, 0.29) is 35.0 Å². The van der Waals surface area contributed by atoms with E-state index in [0.29, 0.717) is 11.3 Å². The minimum absolute atomic E-state index is 0.0349. The fourth-order valence-electron chi connectivity index (χ4n) is 3.48. The van der Waals surface area contributed by atoms with Gasteiger partial charge in [0.2, 0.25) is 5.91 Å². The lowest BCUT2D eigenvalue weighted by Crippen LogP contribution is -2.38. The summed E-state index contributed by atoms with van der Waals surface area (Å²) in [5, 5.41) is 9.31. The van der Waals surface area contributed by atoms with Gasteiger partial charge >= 0.3 is 11.9 Å². The monoisotopic (exact) mass is 443 g/mol. The number of hydrogen-bond donors (Lipinski definition) is 1. The number of nitriles is 1. The summed E-state index contributed by atoms with van der Waals surface area (Å²) in [6, 6.07) is 8.93. The predicted molar refractivity (Wildman–Crippen MR) is 111 cm³/mol. The van der Waals surface area contributed by atoms with Crippen molar-refractivity contribution in [2.24, 2.45) is 5.73 Å². The van der Waals surface area contributed by atoms with Gasteiger partial charge in [0.15, 0.2) is 0 Å². The number of amides is 1. The number of benzene rings is 1. The lowest BCUT2D eigenvalue weighted by molar-refractivity contribution is -0.142. The van der Waals surface area contributed by atoms with Crippen LogP contribution in [0.1, 0.15) is 24.8 Å². The maximum atomic E-state index is 13.0. The molecule has 0 saturated carbocycles. The fraction of sp³-hybridized carbons (Fsp3) is 0.333. The van der Waals surface area contributed by atoms with Gasteiger partial charge in [-0.15, -0.1) is 0 Å². The molecule has 31 heavy (non-hydrogen) atoms. The van der Waals surface area contributed by atoms with E-state index in [1.54, 1.807) is 31.2 Å². The first-order valence-corrected chi connectivity index (χ1v) is 10.3. The van der Waals surface area contributed by atoms with Crippen molar-refractivity contribution in [3.63, 3.8) is 0 Å². The Hall–Kier alpha value is -3.45. The lowest BCUT2D eigenvalue weighted by atomic mass is 9.83. The second kappa shape index (κ2) is 9.14. The topological polar surface area (TPSA) is 132 Å². The summed E-state index contributed by atoms with van der Waals surface area (Å²) in [6.07, 6.45) is -0.199. The molecule has 0 bridgehead atoms. The Bertz CT molecular complexity index is 1040. The molecule has 2 heterocycles. The van der Waals surface area contributed by atoms with Crippen molar-refractivity contribution in [1.29, 1.82) is 5.26 Å². The molecule has 0 unspecified atom stereocenters. The normalized spacial score (nSPS) is 20.3. The summed E-state index contributed by atoms with van der Waals surface area (Å²) in [7, 11) is 2.73. The van der Waals surface area contributed by atoms with Gasteiger partial charge in [0, 0.05) is 0 Å². The van der Waals surface area contributed by atoms with E-state index in [4.69, 9.17) is 15.2 Å². The number of nitrogens with zero attached hydrogens (tertiary/aromatic N) is 2. The number of esters is 2. The number of nitrogens with two attached hydrogens (primary N) is 1. The third-order valence-corrected chi connectivity index (χ3v) is 6.18. The minimum atomic E-state index is -0.859. The Kier molecular flexibility index (Phi) is 6.56. The Morgan fingerprint density at radius 2 is 2.06 bits per heavy atom. The molecule has 1 saturated heterocycles. The molecule has 0 aliphatic carbocycles. The summed E-state index contributed by atoms with van der Waals surface area (Å²) < 4.78 is 15.2. The highest BCUT2D eigenvalue weighted by molar-refractivity contribution is 8.04. The summed E-state index contributed by atoms with van der Waals surface area (Å²) in [6.45, 7) is 1.76. The highest BCUT2D eigenvalue weighted by Gasteiger charge is 2.49. The molecule has 9 nitrogen and oxygen atoms in total. The lowest BCUT2D eigenvalue weighted by Gasteiger charge is -2.31. The molecule has 10 heteroatoms. The van der Waals surface area contributed by atoms with Gasteiger partial charge < -0.3 is 19.9 Å². The van der Waals surface area contributed by atoms with Gasteiger partial charge in [-0.05, 0) is 24.6 Å². The third kappa shape index (κ3) is 3.96. The van der Waals surface area contributed by atoms with Gasteiger partial charge in [-0.1, -0.05) is 23.9 Å². The molecule has 1 amide bonds. The van der Waals surface area contributed by atoms with Crippen molar-refractivity contribution >= 4 is 29.6 Å². The van der Waals surface area contributed by atoms with Gasteiger partial charge in [0.05, 0.1) is 55.4 Å². The molecule has 2 aliphatic rings. The Labute approximate surface area is 183 Å². The van der Waals surface area contributed by atoms with Crippen LogP contribution in [0.5, 0.6) is 5.75 Å². The maximum Gasteiger partial charge on any atom is 0.337 e. The Balaban J connectivity index is 2.21. The van der Waals surface area contributed by atoms with Crippen molar-refractivity contribution in [3.8, 4) is 11.8 Å².